The van der Waals surface area contributed by atoms with Crippen LogP contribution >= 0.6 is 0 Å². The standard InChI is InChI=1S/C31H35FN6O6/c1-18(37-29(42)24(33)15-20-9-13-23(39)14-10-20)28(41)36-17-26(40)38(31(44)27(35)21-5-3-2-4-6-21)30(43)25(34)16-19-7-11-22(32)12-8-19/h2-14,18,24-25,27,39H,15-17,33-35H2,1H3,(H,36,41)(H,37,42)/t18-,24+,25+,27+/m1/s1. The third kappa shape index (κ3) is 9.26. The first-order valence-electron chi connectivity index (χ1n) is 13.7. The van der Waals surface area contributed by atoms with Crippen molar-refractivity contribution in [1.82, 2.24) is 15.5 Å². The van der Waals surface area contributed by atoms with Gasteiger partial charge in [-0.05, 0) is 60.7 Å². The molecular formula is C31H35FN6O6. The first-order valence-corrected chi connectivity index (χ1v) is 13.7. The number of nitrogens with zero attached hydrogens (tertiary/aromatic N) is 1. The molecule has 3 aromatic rings. The van der Waals surface area contributed by atoms with Crippen molar-refractivity contribution < 1.29 is 33.5 Å². The molecule has 0 aliphatic carbocycles. The summed E-state index contributed by atoms with van der Waals surface area (Å²) in [6.07, 6.45) is 0.0224. The summed E-state index contributed by atoms with van der Waals surface area (Å²) in [4.78, 5) is 65.5. The Hall–Kier alpha value is -4.98. The van der Waals surface area contributed by atoms with Crippen molar-refractivity contribution in [3.63, 3.8) is 0 Å². The summed E-state index contributed by atoms with van der Waals surface area (Å²) in [7, 11) is 0. The van der Waals surface area contributed by atoms with Crippen LogP contribution in [0.4, 0.5) is 4.39 Å². The molecule has 0 saturated heterocycles. The molecule has 12 nitrogen and oxygen atoms in total. The van der Waals surface area contributed by atoms with Crippen LogP contribution in [-0.2, 0) is 36.8 Å². The highest BCUT2D eigenvalue weighted by Crippen LogP contribution is 2.15. The maximum Gasteiger partial charge on any atom is 0.257 e. The SMILES string of the molecule is C[C@@H](NC(=O)[C@@H](N)Cc1ccc(O)cc1)C(=O)NCC(=O)N(C(=O)[C@@H](N)c1ccccc1)C(=O)[C@@H](N)Cc1ccc(F)cc1. The van der Waals surface area contributed by atoms with Crippen molar-refractivity contribution in [2.24, 2.45) is 17.2 Å². The fraction of sp³-hybridized carbons (Fsp3) is 0.258. The third-order valence-electron chi connectivity index (χ3n) is 6.70. The zero-order valence-electron chi connectivity index (χ0n) is 24.0. The Balaban J connectivity index is 1.67. The van der Waals surface area contributed by atoms with Gasteiger partial charge in [0, 0.05) is 0 Å². The highest BCUT2D eigenvalue weighted by atomic mass is 19.1. The summed E-state index contributed by atoms with van der Waals surface area (Å²) in [6, 6.07) is 14.4. The Labute approximate surface area is 253 Å². The molecule has 0 saturated carbocycles. The van der Waals surface area contributed by atoms with Gasteiger partial charge in [0.15, 0.2) is 0 Å². The molecule has 0 aromatic heterocycles. The number of halogens is 1. The highest BCUT2D eigenvalue weighted by Gasteiger charge is 2.36. The topological polar surface area (TPSA) is 211 Å². The van der Waals surface area contributed by atoms with Crippen LogP contribution in [0.3, 0.4) is 0 Å². The number of hydrogen-bond acceptors (Lipinski definition) is 9. The summed E-state index contributed by atoms with van der Waals surface area (Å²) in [5.74, 6) is -5.08. The van der Waals surface area contributed by atoms with Crippen LogP contribution < -0.4 is 27.8 Å². The van der Waals surface area contributed by atoms with E-state index >= 15 is 0 Å². The first kappa shape index (κ1) is 33.5. The number of nitrogens with two attached hydrogens (primary N) is 3. The minimum absolute atomic E-state index is 0.0606. The van der Waals surface area contributed by atoms with E-state index in [1.165, 1.54) is 43.3 Å². The van der Waals surface area contributed by atoms with Gasteiger partial charge in [0.1, 0.15) is 23.7 Å². The second-order valence-electron chi connectivity index (χ2n) is 10.2. The van der Waals surface area contributed by atoms with Gasteiger partial charge < -0.3 is 32.9 Å². The van der Waals surface area contributed by atoms with Crippen LogP contribution in [0, 0.1) is 5.82 Å². The van der Waals surface area contributed by atoms with Crippen LogP contribution in [0.1, 0.15) is 29.7 Å². The van der Waals surface area contributed by atoms with E-state index < -0.39 is 66.1 Å². The molecule has 0 unspecified atom stereocenters. The number of nitrogens with one attached hydrogen (secondary N) is 2. The molecule has 5 amide bonds. The molecule has 4 atom stereocenters. The number of imide groups is 3. The van der Waals surface area contributed by atoms with Crippen molar-refractivity contribution in [2.45, 2.75) is 43.9 Å². The molecule has 0 aliphatic heterocycles. The van der Waals surface area contributed by atoms with E-state index in [0.29, 0.717) is 21.6 Å². The van der Waals surface area contributed by atoms with Gasteiger partial charge in [-0.25, -0.2) is 9.29 Å². The van der Waals surface area contributed by atoms with Gasteiger partial charge in [0.2, 0.25) is 11.8 Å². The molecular weight excluding hydrogens is 571 g/mol. The molecule has 0 bridgehead atoms. The predicted molar refractivity (Wildman–Crippen MR) is 159 cm³/mol. The number of rotatable bonds is 12. The monoisotopic (exact) mass is 606 g/mol. The lowest BCUT2D eigenvalue weighted by molar-refractivity contribution is -0.155. The van der Waals surface area contributed by atoms with Crippen molar-refractivity contribution in [2.75, 3.05) is 6.54 Å². The lowest BCUT2D eigenvalue weighted by atomic mass is 10.0. The molecule has 9 N–H and O–H groups in total. The number of phenolic OH excluding ortho intramolecular Hbond substituents is 1. The zero-order valence-corrected chi connectivity index (χ0v) is 24.0. The molecule has 13 heteroatoms. The first-order chi connectivity index (χ1) is 20.9. The van der Waals surface area contributed by atoms with E-state index in [1.807, 2.05) is 0 Å². The normalized spacial score (nSPS) is 13.6. The maximum absolute atomic E-state index is 13.4. The van der Waals surface area contributed by atoms with E-state index in [4.69, 9.17) is 17.2 Å². The van der Waals surface area contributed by atoms with Gasteiger partial charge in [0.05, 0.1) is 18.6 Å². The average molecular weight is 607 g/mol. The summed E-state index contributed by atoms with van der Waals surface area (Å²) < 4.78 is 13.3. The second kappa shape index (κ2) is 15.5. The average Bonchev–Trinajstić information content (AvgIpc) is 3.01. The number of carbonyl (C=O) groups excluding carboxylic acids is 5. The van der Waals surface area contributed by atoms with Gasteiger partial charge in [-0.2, -0.15) is 0 Å². The zero-order chi connectivity index (χ0) is 32.4. The second-order valence-corrected chi connectivity index (χ2v) is 10.2. The Bertz CT molecular complexity index is 1470. The van der Waals surface area contributed by atoms with Gasteiger partial charge >= 0.3 is 0 Å². The molecule has 0 fully saturated rings. The molecule has 0 heterocycles. The fourth-order valence-corrected chi connectivity index (χ4v) is 4.18. The number of carbonyl (C=O) groups is 5. The minimum Gasteiger partial charge on any atom is -0.508 e. The van der Waals surface area contributed by atoms with Crippen LogP contribution in [0.15, 0.2) is 78.9 Å². The largest absolute Gasteiger partial charge is 0.508 e. The summed E-state index contributed by atoms with van der Waals surface area (Å²) in [5.41, 5.74) is 19.6. The summed E-state index contributed by atoms with van der Waals surface area (Å²) in [6.45, 7) is 0.573. The lowest BCUT2D eigenvalue weighted by Crippen LogP contribution is -2.56. The molecule has 3 rings (SSSR count). The van der Waals surface area contributed by atoms with Crippen LogP contribution in [0.25, 0.3) is 0 Å². The van der Waals surface area contributed by atoms with E-state index in [1.54, 1.807) is 42.5 Å². The summed E-state index contributed by atoms with van der Waals surface area (Å²) in [5, 5.41) is 14.1. The molecule has 0 spiro atoms. The Morgan fingerprint density at radius 1 is 0.773 bits per heavy atom. The molecule has 0 radical (unpaired) electrons. The van der Waals surface area contributed by atoms with Crippen molar-refractivity contribution >= 4 is 29.5 Å². The quantitative estimate of drug-likeness (QED) is 0.166. The van der Waals surface area contributed by atoms with Crippen LogP contribution in [0.2, 0.25) is 0 Å². The number of phenols is 1. The van der Waals surface area contributed by atoms with E-state index in [2.05, 4.69) is 10.6 Å². The van der Waals surface area contributed by atoms with Crippen molar-refractivity contribution in [3.8, 4) is 5.75 Å². The highest BCUT2D eigenvalue weighted by molar-refractivity contribution is 6.14. The van der Waals surface area contributed by atoms with Crippen molar-refractivity contribution in [3.05, 3.63) is 101 Å². The van der Waals surface area contributed by atoms with Gasteiger partial charge in [-0.3, -0.25) is 24.0 Å². The third-order valence-corrected chi connectivity index (χ3v) is 6.70. The Morgan fingerprint density at radius 2 is 1.32 bits per heavy atom. The van der Waals surface area contributed by atoms with Crippen LogP contribution in [-0.4, -0.2) is 64.2 Å². The van der Waals surface area contributed by atoms with Gasteiger partial charge in [0.25, 0.3) is 17.7 Å². The van der Waals surface area contributed by atoms with Gasteiger partial charge in [-0.1, -0.05) is 54.6 Å². The Morgan fingerprint density at radius 3 is 1.91 bits per heavy atom. The maximum atomic E-state index is 13.4. The van der Waals surface area contributed by atoms with E-state index in [-0.39, 0.29) is 18.6 Å². The number of aromatic hydroxyl groups is 1. The summed E-state index contributed by atoms with van der Waals surface area (Å²) >= 11 is 0. The smallest absolute Gasteiger partial charge is 0.257 e. The molecule has 3 aromatic carbocycles. The number of hydrogen-bond donors (Lipinski definition) is 6. The van der Waals surface area contributed by atoms with Crippen molar-refractivity contribution in [1.29, 1.82) is 0 Å². The fourth-order valence-electron chi connectivity index (χ4n) is 4.18. The van der Waals surface area contributed by atoms with Gasteiger partial charge in [-0.15, -0.1) is 0 Å². The Kier molecular flexibility index (Phi) is 11.8. The van der Waals surface area contributed by atoms with Crippen LogP contribution in [0.5, 0.6) is 5.75 Å². The number of amides is 5. The van der Waals surface area contributed by atoms with E-state index in [9.17, 15) is 33.5 Å². The predicted octanol–water partition coefficient (Wildman–Crippen LogP) is 0.174. The minimum atomic E-state index is -1.40. The van der Waals surface area contributed by atoms with E-state index in [0.717, 1.165) is 0 Å². The molecule has 44 heavy (non-hydrogen) atoms. The lowest BCUT2D eigenvalue weighted by Gasteiger charge is -2.26. The number of benzene rings is 3. The molecule has 232 valence electrons. The molecule has 0 aliphatic rings.